The highest BCUT2D eigenvalue weighted by atomic mass is 32.1. The van der Waals surface area contributed by atoms with Crippen LogP contribution in [-0.4, -0.2) is 26.8 Å². The van der Waals surface area contributed by atoms with Crippen LogP contribution in [0.15, 0.2) is 18.5 Å². The lowest BCUT2D eigenvalue weighted by Gasteiger charge is -2.12. The van der Waals surface area contributed by atoms with Crippen molar-refractivity contribution in [3.8, 4) is 0 Å². The van der Waals surface area contributed by atoms with Crippen molar-refractivity contribution in [1.29, 1.82) is 0 Å². The molecule has 5 nitrogen and oxygen atoms in total. The molecule has 0 radical (unpaired) electrons. The van der Waals surface area contributed by atoms with Gasteiger partial charge in [0.25, 0.3) is 0 Å². The van der Waals surface area contributed by atoms with Crippen LogP contribution in [0.4, 0.5) is 0 Å². The smallest absolute Gasteiger partial charge is 0.350 e. The van der Waals surface area contributed by atoms with Gasteiger partial charge in [-0.05, 0) is 26.8 Å². The van der Waals surface area contributed by atoms with Crippen LogP contribution in [0.2, 0.25) is 0 Å². The SMILES string of the molecule is Cc1nc(C)c(C(=O)O[C@H](C)CCn2cccn2)s1. The topological polar surface area (TPSA) is 57.0 Å². The van der Waals surface area contributed by atoms with Crippen molar-refractivity contribution >= 4 is 17.3 Å². The van der Waals surface area contributed by atoms with E-state index in [0.29, 0.717) is 4.88 Å². The maximum atomic E-state index is 12.0. The molecular weight excluding hydrogens is 262 g/mol. The first-order valence-corrected chi connectivity index (χ1v) is 7.00. The van der Waals surface area contributed by atoms with Gasteiger partial charge in [-0.3, -0.25) is 4.68 Å². The van der Waals surface area contributed by atoms with Crippen molar-refractivity contribution in [2.45, 2.75) is 39.8 Å². The number of rotatable bonds is 5. The second kappa shape index (κ2) is 5.97. The minimum Gasteiger partial charge on any atom is -0.458 e. The minimum atomic E-state index is -0.281. The third kappa shape index (κ3) is 3.64. The summed E-state index contributed by atoms with van der Waals surface area (Å²) in [6.07, 6.45) is 4.23. The first-order chi connectivity index (χ1) is 9.06. The first kappa shape index (κ1) is 13.7. The minimum absolute atomic E-state index is 0.140. The van der Waals surface area contributed by atoms with E-state index >= 15 is 0 Å². The fourth-order valence-electron chi connectivity index (χ4n) is 1.76. The summed E-state index contributed by atoms with van der Waals surface area (Å²) < 4.78 is 7.25. The highest BCUT2D eigenvalue weighted by molar-refractivity contribution is 7.13. The van der Waals surface area contributed by atoms with Crippen LogP contribution in [0.3, 0.4) is 0 Å². The molecule has 0 N–H and O–H groups in total. The normalized spacial score (nSPS) is 12.4. The Labute approximate surface area is 116 Å². The van der Waals surface area contributed by atoms with Gasteiger partial charge < -0.3 is 4.74 Å². The number of nitrogens with zero attached hydrogens (tertiary/aromatic N) is 3. The summed E-state index contributed by atoms with van der Waals surface area (Å²) in [6.45, 7) is 6.34. The van der Waals surface area contributed by atoms with Crippen LogP contribution in [0.1, 0.15) is 33.7 Å². The summed E-state index contributed by atoms with van der Waals surface area (Å²) in [5.74, 6) is -0.281. The van der Waals surface area contributed by atoms with Crippen LogP contribution >= 0.6 is 11.3 Å². The van der Waals surface area contributed by atoms with E-state index in [1.54, 1.807) is 6.20 Å². The Morgan fingerprint density at radius 2 is 2.32 bits per heavy atom. The molecule has 0 bridgehead atoms. The van der Waals surface area contributed by atoms with Crippen molar-refractivity contribution in [3.05, 3.63) is 34.0 Å². The van der Waals surface area contributed by atoms with Crippen molar-refractivity contribution in [2.24, 2.45) is 0 Å². The number of aryl methyl sites for hydroxylation is 3. The van der Waals surface area contributed by atoms with E-state index in [4.69, 9.17) is 4.74 Å². The largest absolute Gasteiger partial charge is 0.458 e. The number of thiazole rings is 1. The van der Waals surface area contributed by atoms with E-state index in [9.17, 15) is 4.79 Å². The van der Waals surface area contributed by atoms with Gasteiger partial charge in [-0.15, -0.1) is 11.3 Å². The summed E-state index contributed by atoms with van der Waals surface area (Å²) in [5, 5.41) is 4.99. The van der Waals surface area contributed by atoms with Crippen molar-refractivity contribution < 1.29 is 9.53 Å². The second-order valence-electron chi connectivity index (χ2n) is 4.42. The third-order valence-corrected chi connectivity index (χ3v) is 3.77. The number of aromatic nitrogens is 3. The molecule has 2 aromatic heterocycles. The lowest BCUT2D eigenvalue weighted by molar-refractivity contribution is 0.0318. The number of esters is 1. The Morgan fingerprint density at radius 3 is 2.89 bits per heavy atom. The Kier molecular flexibility index (Phi) is 4.31. The van der Waals surface area contributed by atoms with Gasteiger partial charge in [0.15, 0.2) is 0 Å². The number of hydrogen-bond donors (Lipinski definition) is 0. The van der Waals surface area contributed by atoms with Crippen LogP contribution in [0.25, 0.3) is 0 Å². The molecule has 2 rings (SSSR count). The third-order valence-electron chi connectivity index (χ3n) is 2.72. The quantitative estimate of drug-likeness (QED) is 0.789. The highest BCUT2D eigenvalue weighted by Gasteiger charge is 2.17. The average molecular weight is 279 g/mol. The van der Waals surface area contributed by atoms with Crippen LogP contribution in [0, 0.1) is 13.8 Å². The Hall–Kier alpha value is -1.69. The van der Waals surface area contributed by atoms with E-state index in [0.717, 1.165) is 23.7 Å². The molecule has 1 atom stereocenters. The van der Waals surface area contributed by atoms with Gasteiger partial charge in [0.1, 0.15) is 11.0 Å². The predicted molar refractivity (Wildman–Crippen MR) is 73.3 cm³/mol. The molecule has 0 spiro atoms. The van der Waals surface area contributed by atoms with Crippen molar-refractivity contribution in [3.63, 3.8) is 0 Å². The highest BCUT2D eigenvalue weighted by Crippen LogP contribution is 2.19. The predicted octanol–water partition coefficient (Wildman–Crippen LogP) is 2.59. The Balaban J connectivity index is 1.86. The summed E-state index contributed by atoms with van der Waals surface area (Å²) in [6, 6.07) is 1.88. The second-order valence-corrected chi connectivity index (χ2v) is 5.62. The van der Waals surface area contributed by atoms with Crippen LogP contribution in [-0.2, 0) is 11.3 Å². The van der Waals surface area contributed by atoms with E-state index in [1.165, 1.54) is 11.3 Å². The summed E-state index contributed by atoms with van der Waals surface area (Å²) in [7, 11) is 0. The summed E-state index contributed by atoms with van der Waals surface area (Å²) in [5.41, 5.74) is 0.742. The van der Waals surface area contributed by atoms with Gasteiger partial charge in [-0.25, -0.2) is 9.78 Å². The average Bonchev–Trinajstić information content (AvgIpc) is 2.96. The molecule has 0 aliphatic heterocycles. The molecule has 0 aromatic carbocycles. The molecule has 0 fully saturated rings. The monoisotopic (exact) mass is 279 g/mol. The van der Waals surface area contributed by atoms with Crippen LogP contribution in [0.5, 0.6) is 0 Å². The zero-order valence-electron chi connectivity index (χ0n) is 11.3. The molecule has 0 unspecified atom stereocenters. The van der Waals surface area contributed by atoms with Gasteiger partial charge in [0.2, 0.25) is 0 Å². The Morgan fingerprint density at radius 1 is 1.53 bits per heavy atom. The molecule has 6 heteroatoms. The molecule has 0 aliphatic rings. The number of ether oxygens (including phenoxy) is 1. The van der Waals surface area contributed by atoms with Gasteiger partial charge >= 0.3 is 5.97 Å². The molecule has 0 saturated heterocycles. The Bertz CT molecular complexity index is 548. The molecule has 0 amide bonds. The van der Waals surface area contributed by atoms with E-state index < -0.39 is 0 Å². The van der Waals surface area contributed by atoms with Crippen molar-refractivity contribution in [2.75, 3.05) is 0 Å². The number of hydrogen-bond acceptors (Lipinski definition) is 5. The van der Waals surface area contributed by atoms with Gasteiger partial charge in [-0.2, -0.15) is 5.10 Å². The van der Waals surface area contributed by atoms with Gasteiger partial charge in [0, 0.05) is 25.4 Å². The lowest BCUT2D eigenvalue weighted by atomic mass is 10.3. The standard InChI is InChI=1S/C13H17N3O2S/c1-9(5-8-16-7-4-6-14-16)18-13(17)12-10(2)15-11(3)19-12/h4,6-7,9H,5,8H2,1-3H3/t9-/m1/s1. The van der Waals surface area contributed by atoms with E-state index in [2.05, 4.69) is 10.1 Å². The zero-order valence-corrected chi connectivity index (χ0v) is 12.1. The molecule has 19 heavy (non-hydrogen) atoms. The summed E-state index contributed by atoms with van der Waals surface area (Å²) in [4.78, 5) is 16.8. The molecule has 0 saturated carbocycles. The van der Waals surface area contributed by atoms with Crippen LogP contribution < -0.4 is 0 Å². The van der Waals surface area contributed by atoms with E-state index in [1.807, 2.05) is 37.7 Å². The molecular formula is C13H17N3O2S. The fourth-order valence-corrected chi connectivity index (χ4v) is 2.57. The van der Waals surface area contributed by atoms with Gasteiger partial charge in [-0.1, -0.05) is 0 Å². The molecule has 2 heterocycles. The maximum absolute atomic E-state index is 12.0. The molecule has 0 aliphatic carbocycles. The summed E-state index contributed by atoms with van der Waals surface area (Å²) >= 11 is 1.38. The molecule has 2 aromatic rings. The first-order valence-electron chi connectivity index (χ1n) is 6.18. The number of carbonyl (C=O) groups excluding carboxylic acids is 1. The zero-order chi connectivity index (χ0) is 13.8. The van der Waals surface area contributed by atoms with Gasteiger partial charge in [0.05, 0.1) is 10.7 Å². The lowest BCUT2D eigenvalue weighted by Crippen LogP contribution is -2.17. The van der Waals surface area contributed by atoms with Crippen molar-refractivity contribution in [1.82, 2.24) is 14.8 Å². The van der Waals surface area contributed by atoms with E-state index in [-0.39, 0.29) is 12.1 Å². The fraction of sp³-hybridized carbons (Fsp3) is 0.462. The maximum Gasteiger partial charge on any atom is 0.350 e. The molecule has 102 valence electrons. The number of carbonyl (C=O) groups is 1.